The Morgan fingerprint density at radius 1 is 0.299 bits per heavy atom. The van der Waals surface area contributed by atoms with Gasteiger partial charge in [0.05, 0.1) is 46.2 Å². The molecule has 0 aromatic heterocycles. The normalized spacial score (nSPS) is 48.9. The standard InChI is InChI=1S/C48H81N3O36/c1-11(58)49-21-28(65)24(61)14(4-52)77-43(21)75-10-20-27(64)41(87-45-22(50-12(2)59)29(66)37(18(8-56)80-45)83-46-34(71)31(68)25(62)15(5-53)78-46)36(73)48(82-20)84-38-19(9-57)81-44(23(30(38)67)51-13(3)60)86-40-26(63)16(6-54)79-47(35(40)72)85-39-17(7-55)76-42(74)33(70)32(39)69/h14-48,52-57,61-74H,4-10H2,1-3H3,(H,49,58)(H,50,59)(H,51,60)/t14-,15-,16-,17-,18-,19-,20-,21-,22-,23-,24-,25+,26+,27+,28-,29-,30-,31+,32-,33-,34-,35-,36-,37-,38-,39-,40+,41+,42-,43-,44+,45+,46+,47+,48+/m1/s1. The van der Waals surface area contributed by atoms with Crippen molar-refractivity contribution in [2.75, 3.05) is 46.2 Å². The van der Waals surface area contributed by atoms with E-state index in [2.05, 4.69) is 16.0 Å². The SMILES string of the molecule is CC(=O)N[C@H]1[C@H](O[C@H]2[C@@H](O)[C@@H](CO[C@@H]3O[C@H](CO)[C@@H](O)[C@H](O)[C@H]3NC(C)=O)O[C@@H](O[C@H]3[C@H](O)[C@@H](NC(C)=O)[C@H](O[C@H]4[C@@H](O)[C@@H](CO)O[C@@H](O[C@H]5[C@H](O)[C@@H](O)[C@H](O)O[C@@H]5CO)[C@@H]4O)O[C@@H]3CO)[C@@H]2O)O[C@H](CO)[C@@H](O[C@@H]2O[C@H](CO)[C@H](O)[C@H](O)[C@H]2O)[C@@H]1O. The zero-order valence-electron chi connectivity index (χ0n) is 46.6. The third kappa shape index (κ3) is 15.8. The maximum absolute atomic E-state index is 12.8. The van der Waals surface area contributed by atoms with Crippen molar-refractivity contribution in [3.05, 3.63) is 0 Å². The van der Waals surface area contributed by atoms with Crippen molar-refractivity contribution in [1.82, 2.24) is 16.0 Å². The van der Waals surface area contributed by atoms with Gasteiger partial charge < -0.3 is 180 Å². The largest absolute Gasteiger partial charge is 0.394 e. The molecule has 7 saturated heterocycles. The molecule has 7 fully saturated rings. The fraction of sp³-hybridized carbons (Fsp3) is 0.938. The molecule has 39 heteroatoms. The van der Waals surface area contributed by atoms with E-state index in [-0.39, 0.29) is 0 Å². The summed E-state index contributed by atoms with van der Waals surface area (Å²) < 4.78 is 75.2. The highest BCUT2D eigenvalue weighted by atomic mass is 16.8. The van der Waals surface area contributed by atoms with Gasteiger partial charge in [-0.25, -0.2) is 0 Å². The molecule has 504 valence electrons. The van der Waals surface area contributed by atoms with Crippen molar-refractivity contribution in [2.24, 2.45) is 0 Å². The van der Waals surface area contributed by atoms with E-state index >= 15 is 0 Å². The van der Waals surface area contributed by atoms with E-state index in [1.807, 2.05) is 0 Å². The lowest BCUT2D eigenvalue weighted by atomic mass is 9.93. The minimum Gasteiger partial charge on any atom is -0.394 e. The summed E-state index contributed by atoms with van der Waals surface area (Å²) >= 11 is 0. The predicted octanol–water partition coefficient (Wildman–Crippen LogP) is -15.8. The fourth-order valence-corrected chi connectivity index (χ4v) is 11.1. The van der Waals surface area contributed by atoms with Gasteiger partial charge in [0.15, 0.2) is 44.0 Å². The van der Waals surface area contributed by atoms with Crippen molar-refractivity contribution in [3.8, 4) is 0 Å². The zero-order valence-corrected chi connectivity index (χ0v) is 46.6. The van der Waals surface area contributed by atoms with Gasteiger partial charge in [-0.2, -0.15) is 0 Å². The molecule has 7 rings (SSSR count). The molecule has 0 saturated carbocycles. The van der Waals surface area contributed by atoms with Crippen LogP contribution in [0.4, 0.5) is 0 Å². The van der Waals surface area contributed by atoms with Crippen LogP contribution in [-0.4, -0.2) is 381 Å². The first-order chi connectivity index (χ1) is 41.1. The lowest BCUT2D eigenvalue weighted by Gasteiger charge is -2.51. The van der Waals surface area contributed by atoms with Crippen LogP contribution in [0.1, 0.15) is 20.8 Å². The summed E-state index contributed by atoms with van der Waals surface area (Å²) in [6, 6.07) is -5.34. The first kappa shape index (κ1) is 71.5. The molecule has 39 nitrogen and oxygen atoms in total. The topological polar surface area (TPSA) is 612 Å². The predicted molar refractivity (Wildman–Crippen MR) is 267 cm³/mol. The van der Waals surface area contributed by atoms with Crippen molar-refractivity contribution in [1.29, 1.82) is 0 Å². The van der Waals surface area contributed by atoms with Crippen LogP contribution in [0.2, 0.25) is 0 Å². The third-order valence-electron chi connectivity index (χ3n) is 15.7. The Morgan fingerprint density at radius 2 is 0.609 bits per heavy atom. The van der Waals surface area contributed by atoms with Crippen LogP contribution in [0.3, 0.4) is 0 Å². The summed E-state index contributed by atoms with van der Waals surface area (Å²) in [5.74, 6) is -2.59. The zero-order chi connectivity index (χ0) is 64.2. The summed E-state index contributed by atoms with van der Waals surface area (Å²) in [5.41, 5.74) is 0. The van der Waals surface area contributed by atoms with E-state index in [0.717, 1.165) is 20.8 Å². The monoisotopic (exact) mass is 1280 g/mol. The van der Waals surface area contributed by atoms with Crippen molar-refractivity contribution in [2.45, 2.75) is 236 Å². The molecule has 35 atom stereocenters. The summed E-state index contributed by atoms with van der Waals surface area (Å²) in [6.07, 6.45) is -62.6. The maximum Gasteiger partial charge on any atom is 0.217 e. The minimum absolute atomic E-state index is 0.772. The Morgan fingerprint density at radius 3 is 1.02 bits per heavy atom. The number of rotatable bonds is 22. The maximum atomic E-state index is 12.8. The van der Waals surface area contributed by atoms with Gasteiger partial charge in [-0.05, 0) is 0 Å². The van der Waals surface area contributed by atoms with Crippen LogP contribution in [0, 0.1) is 0 Å². The number of carbonyl (C=O) groups excluding carboxylic acids is 3. The molecule has 0 spiro atoms. The average molecular weight is 1280 g/mol. The Kier molecular flexibility index (Phi) is 25.6. The second-order valence-corrected chi connectivity index (χ2v) is 21.8. The van der Waals surface area contributed by atoms with Gasteiger partial charge in [0.2, 0.25) is 17.7 Å². The Labute approximate surface area is 492 Å². The number of nitrogens with one attached hydrogen (secondary N) is 3. The van der Waals surface area contributed by atoms with Crippen LogP contribution in [-0.2, 0) is 76.0 Å². The van der Waals surface area contributed by atoms with Crippen LogP contribution in [0.15, 0.2) is 0 Å². The Bertz CT molecular complexity index is 2190. The fourth-order valence-electron chi connectivity index (χ4n) is 11.1. The molecule has 7 aliphatic heterocycles. The van der Waals surface area contributed by atoms with E-state index in [0.29, 0.717) is 0 Å². The summed E-state index contributed by atoms with van der Waals surface area (Å²) in [5, 5.41) is 224. The van der Waals surface area contributed by atoms with Crippen LogP contribution >= 0.6 is 0 Å². The highest BCUT2D eigenvalue weighted by Crippen LogP contribution is 2.38. The lowest BCUT2D eigenvalue weighted by Crippen LogP contribution is -2.71. The van der Waals surface area contributed by atoms with Gasteiger partial charge in [0.25, 0.3) is 0 Å². The molecule has 3 amide bonds. The Balaban J connectivity index is 1.18. The van der Waals surface area contributed by atoms with Crippen molar-refractivity contribution in [3.63, 3.8) is 0 Å². The molecule has 0 aromatic rings. The number of amides is 3. The van der Waals surface area contributed by atoms with Crippen LogP contribution < -0.4 is 16.0 Å². The molecule has 0 unspecified atom stereocenters. The Hall–Kier alpha value is -2.91. The molecular weight excluding hydrogens is 1190 g/mol. The molecule has 0 bridgehead atoms. The number of hydrogen-bond acceptors (Lipinski definition) is 36. The summed E-state index contributed by atoms with van der Waals surface area (Å²) in [6.45, 7) is -3.96. The minimum atomic E-state index is -2.37. The van der Waals surface area contributed by atoms with E-state index in [1.54, 1.807) is 0 Å². The van der Waals surface area contributed by atoms with Crippen molar-refractivity contribution >= 4 is 17.7 Å². The summed E-state index contributed by atoms with van der Waals surface area (Å²) in [7, 11) is 0. The highest BCUT2D eigenvalue weighted by Gasteiger charge is 2.59. The quantitative estimate of drug-likeness (QED) is 0.0479. The van der Waals surface area contributed by atoms with Crippen molar-refractivity contribution < 1.29 is 178 Å². The van der Waals surface area contributed by atoms with E-state index in [1.165, 1.54) is 0 Å². The van der Waals surface area contributed by atoms with E-state index in [4.69, 9.17) is 61.6 Å². The lowest BCUT2D eigenvalue weighted by molar-refractivity contribution is -0.388. The van der Waals surface area contributed by atoms with Crippen LogP contribution in [0.25, 0.3) is 0 Å². The smallest absolute Gasteiger partial charge is 0.217 e. The molecular formula is C48H81N3O36. The molecule has 0 aliphatic carbocycles. The first-order valence-electron chi connectivity index (χ1n) is 27.6. The van der Waals surface area contributed by atoms with E-state index < -0.39 is 279 Å². The third-order valence-corrected chi connectivity index (χ3v) is 15.7. The van der Waals surface area contributed by atoms with Gasteiger partial charge in [0.1, 0.15) is 171 Å². The number of hydrogen-bond donors (Lipinski definition) is 23. The van der Waals surface area contributed by atoms with Gasteiger partial charge in [-0.3, -0.25) is 14.4 Å². The van der Waals surface area contributed by atoms with Gasteiger partial charge in [0, 0.05) is 20.8 Å². The molecule has 23 N–H and O–H groups in total. The highest BCUT2D eigenvalue weighted by molar-refractivity contribution is 5.74. The number of carbonyl (C=O) groups is 3. The van der Waals surface area contributed by atoms with E-state index in [9.17, 15) is 117 Å². The molecule has 7 heterocycles. The molecule has 87 heavy (non-hydrogen) atoms. The molecule has 7 aliphatic rings. The first-order valence-corrected chi connectivity index (χ1v) is 27.6. The molecule has 0 radical (unpaired) electrons. The van der Waals surface area contributed by atoms with Gasteiger partial charge in [-0.1, -0.05) is 0 Å². The number of aliphatic hydroxyl groups excluding tert-OH is 20. The van der Waals surface area contributed by atoms with Gasteiger partial charge in [-0.15, -0.1) is 0 Å². The molecule has 0 aromatic carbocycles. The second kappa shape index (κ2) is 31.1. The second-order valence-electron chi connectivity index (χ2n) is 21.8. The summed E-state index contributed by atoms with van der Waals surface area (Å²) in [4.78, 5) is 37.9. The van der Waals surface area contributed by atoms with Gasteiger partial charge >= 0.3 is 0 Å². The number of ether oxygens (including phenoxy) is 13. The average Bonchev–Trinajstić information content (AvgIpc) is 1.20. The van der Waals surface area contributed by atoms with Crippen LogP contribution in [0.5, 0.6) is 0 Å². The number of aliphatic hydroxyl groups is 20.